The molecule has 1 saturated carbocycles. The van der Waals surface area contributed by atoms with Crippen LogP contribution in [0, 0.1) is 12.3 Å². The molecule has 1 aliphatic carbocycles. The van der Waals surface area contributed by atoms with E-state index in [1.54, 1.807) is 6.42 Å². The smallest absolute Gasteiger partial charge is 0.136 e. The highest BCUT2D eigenvalue weighted by Gasteiger charge is 2.14. The number of hydrogen-bond donors (Lipinski definition) is 0. The summed E-state index contributed by atoms with van der Waals surface area (Å²) in [6.45, 7) is 2.13. The average molecular weight is 111 g/mol. The third kappa shape index (κ3) is 1.32. The maximum absolute atomic E-state index is 10.6. The van der Waals surface area contributed by atoms with Crippen molar-refractivity contribution in [2.24, 2.45) is 5.92 Å². The van der Waals surface area contributed by atoms with Gasteiger partial charge in [0.05, 0.1) is 0 Å². The minimum Gasteiger partial charge on any atom is -0.299 e. The van der Waals surface area contributed by atoms with Crippen LogP contribution in [-0.4, -0.2) is 5.78 Å². The predicted molar refractivity (Wildman–Crippen MR) is 32.3 cm³/mol. The molecule has 1 radical (unpaired) electrons. The van der Waals surface area contributed by atoms with Crippen molar-refractivity contribution < 1.29 is 4.79 Å². The Hall–Kier alpha value is -0.330. The fourth-order valence-electron chi connectivity index (χ4n) is 1.06. The van der Waals surface area contributed by atoms with E-state index in [4.69, 9.17) is 0 Å². The van der Waals surface area contributed by atoms with Gasteiger partial charge in [0.25, 0.3) is 0 Å². The zero-order chi connectivity index (χ0) is 5.98. The molecular weight excluding hydrogens is 100 g/mol. The van der Waals surface area contributed by atoms with Crippen LogP contribution < -0.4 is 0 Å². The van der Waals surface area contributed by atoms with E-state index in [0.717, 1.165) is 12.8 Å². The first-order valence-electron chi connectivity index (χ1n) is 3.15. The quantitative estimate of drug-likeness (QED) is 0.464. The first kappa shape index (κ1) is 5.80. The predicted octanol–water partition coefficient (Wildman–Crippen LogP) is 1.58. The Morgan fingerprint density at radius 2 is 2.50 bits per heavy atom. The van der Waals surface area contributed by atoms with Crippen LogP contribution in [-0.2, 0) is 4.79 Å². The summed E-state index contributed by atoms with van der Waals surface area (Å²) >= 11 is 0. The van der Waals surface area contributed by atoms with Crippen molar-refractivity contribution in [3.05, 3.63) is 6.42 Å². The van der Waals surface area contributed by atoms with Gasteiger partial charge in [-0.05, 0) is 18.8 Å². The van der Waals surface area contributed by atoms with Crippen LogP contribution in [0.2, 0.25) is 0 Å². The molecule has 0 aromatic carbocycles. The van der Waals surface area contributed by atoms with Gasteiger partial charge >= 0.3 is 0 Å². The van der Waals surface area contributed by atoms with E-state index in [1.807, 2.05) is 0 Å². The molecule has 1 unspecified atom stereocenters. The van der Waals surface area contributed by atoms with E-state index in [-0.39, 0.29) is 0 Å². The molecule has 8 heavy (non-hydrogen) atoms. The largest absolute Gasteiger partial charge is 0.299 e. The molecule has 1 atom stereocenters. The lowest BCUT2D eigenvalue weighted by molar-refractivity contribution is -0.117. The third-order valence-electron chi connectivity index (χ3n) is 1.58. The number of hydrogen-bond acceptors (Lipinski definition) is 1. The Morgan fingerprint density at radius 1 is 1.75 bits per heavy atom. The van der Waals surface area contributed by atoms with Crippen LogP contribution in [0.3, 0.4) is 0 Å². The van der Waals surface area contributed by atoms with E-state index < -0.39 is 0 Å². The van der Waals surface area contributed by atoms with E-state index in [2.05, 4.69) is 6.92 Å². The van der Waals surface area contributed by atoms with Crippen LogP contribution >= 0.6 is 0 Å². The van der Waals surface area contributed by atoms with Gasteiger partial charge in [-0.15, -0.1) is 0 Å². The number of carbonyl (C=O) groups excluding carboxylic acids is 1. The van der Waals surface area contributed by atoms with Gasteiger partial charge in [-0.2, -0.15) is 0 Å². The second kappa shape index (κ2) is 2.29. The Labute approximate surface area is 50.1 Å². The van der Waals surface area contributed by atoms with Crippen LogP contribution in [0.1, 0.15) is 26.2 Å². The van der Waals surface area contributed by atoms with E-state index in [1.165, 1.54) is 6.42 Å². The summed E-state index contributed by atoms with van der Waals surface area (Å²) in [6.07, 6.45) is 4.78. The third-order valence-corrected chi connectivity index (χ3v) is 1.58. The van der Waals surface area contributed by atoms with Gasteiger partial charge in [-0.1, -0.05) is 6.92 Å². The highest BCUT2D eigenvalue weighted by Crippen LogP contribution is 2.18. The molecule has 1 nitrogen and oxygen atoms in total. The van der Waals surface area contributed by atoms with Gasteiger partial charge in [0.15, 0.2) is 0 Å². The monoisotopic (exact) mass is 111 g/mol. The molecule has 0 heterocycles. The molecule has 0 spiro atoms. The standard InChI is InChI=1S/C7H11O/c1-6-3-2-4-7(8)5-6/h4,6H,2-3,5H2,1H3. The van der Waals surface area contributed by atoms with Crippen LogP contribution in [0.4, 0.5) is 0 Å². The van der Waals surface area contributed by atoms with Gasteiger partial charge < -0.3 is 0 Å². The lowest BCUT2D eigenvalue weighted by atomic mass is 9.90. The molecule has 45 valence electrons. The highest BCUT2D eigenvalue weighted by molar-refractivity contribution is 5.87. The highest BCUT2D eigenvalue weighted by atomic mass is 16.1. The Bertz CT molecular complexity index is 96.6. The Kier molecular flexibility index (Phi) is 1.66. The number of Topliss-reactive ketones (excluding diaryl/α,β-unsaturated/α-hetero) is 1. The van der Waals surface area contributed by atoms with Crippen molar-refractivity contribution in [2.45, 2.75) is 26.2 Å². The summed E-state index contributed by atoms with van der Waals surface area (Å²) in [4.78, 5) is 10.6. The summed E-state index contributed by atoms with van der Waals surface area (Å²) in [5.74, 6) is 0.969. The molecule has 0 bridgehead atoms. The maximum Gasteiger partial charge on any atom is 0.136 e. The molecular formula is C7H11O. The van der Waals surface area contributed by atoms with Crippen molar-refractivity contribution in [2.75, 3.05) is 0 Å². The topological polar surface area (TPSA) is 17.1 Å². The van der Waals surface area contributed by atoms with E-state index >= 15 is 0 Å². The molecule has 0 amide bonds. The van der Waals surface area contributed by atoms with E-state index in [9.17, 15) is 4.79 Å². The zero-order valence-corrected chi connectivity index (χ0v) is 5.18. The van der Waals surface area contributed by atoms with Crippen molar-refractivity contribution in [3.63, 3.8) is 0 Å². The lowest BCUT2D eigenvalue weighted by Gasteiger charge is -2.14. The second-order valence-electron chi connectivity index (χ2n) is 2.56. The first-order chi connectivity index (χ1) is 3.79. The average Bonchev–Trinajstić information content (AvgIpc) is 1.64. The van der Waals surface area contributed by atoms with Gasteiger partial charge in [0, 0.05) is 12.8 Å². The molecule has 0 aromatic heterocycles. The molecule has 0 aliphatic heterocycles. The van der Waals surface area contributed by atoms with Crippen molar-refractivity contribution >= 4 is 5.78 Å². The summed E-state index contributed by atoms with van der Waals surface area (Å²) < 4.78 is 0. The van der Waals surface area contributed by atoms with Crippen LogP contribution in [0.15, 0.2) is 0 Å². The fraction of sp³-hybridized carbons (Fsp3) is 0.714. The number of rotatable bonds is 0. The lowest BCUT2D eigenvalue weighted by Crippen LogP contribution is -2.12. The first-order valence-corrected chi connectivity index (χ1v) is 3.15. The minimum absolute atomic E-state index is 0.337. The Morgan fingerprint density at radius 3 is 2.88 bits per heavy atom. The minimum atomic E-state index is 0.337. The molecule has 1 rings (SSSR count). The maximum atomic E-state index is 10.6. The van der Waals surface area contributed by atoms with Crippen LogP contribution in [0.5, 0.6) is 0 Å². The molecule has 1 aliphatic rings. The van der Waals surface area contributed by atoms with Crippen molar-refractivity contribution in [3.8, 4) is 0 Å². The molecule has 1 fully saturated rings. The fourth-order valence-corrected chi connectivity index (χ4v) is 1.06. The van der Waals surface area contributed by atoms with Gasteiger partial charge in [-0.3, -0.25) is 4.79 Å². The normalized spacial score (nSPS) is 30.6. The number of carbonyl (C=O) groups is 1. The Balaban J connectivity index is 2.34. The summed E-state index contributed by atoms with van der Waals surface area (Å²) in [5.41, 5.74) is 0. The summed E-state index contributed by atoms with van der Waals surface area (Å²) in [5, 5.41) is 0. The summed E-state index contributed by atoms with van der Waals surface area (Å²) in [6, 6.07) is 0. The zero-order valence-electron chi connectivity index (χ0n) is 5.18. The van der Waals surface area contributed by atoms with Gasteiger partial charge in [-0.25, -0.2) is 0 Å². The second-order valence-corrected chi connectivity index (χ2v) is 2.56. The van der Waals surface area contributed by atoms with Crippen LogP contribution in [0.25, 0.3) is 0 Å². The van der Waals surface area contributed by atoms with Gasteiger partial charge in [0.1, 0.15) is 5.78 Å². The summed E-state index contributed by atoms with van der Waals surface area (Å²) in [7, 11) is 0. The number of ketones is 1. The molecule has 1 heteroatoms. The molecule has 0 aromatic rings. The molecule has 0 N–H and O–H groups in total. The molecule has 0 saturated heterocycles. The van der Waals surface area contributed by atoms with Crippen molar-refractivity contribution in [1.29, 1.82) is 0 Å². The SMILES string of the molecule is CC1CC[CH]C(=O)C1. The van der Waals surface area contributed by atoms with Crippen molar-refractivity contribution in [1.82, 2.24) is 0 Å². The van der Waals surface area contributed by atoms with Gasteiger partial charge in [0.2, 0.25) is 0 Å². The van der Waals surface area contributed by atoms with E-state index in [0.29, 0.717) is 11.7 Å².